The number of amides is 1. The number of ether oxygens (including phenoxy) is 1. The van der Waals surface area contributed by atoms with Gasteiger partial charge in [-0.2, -0.15) is 18.3 Å². The number of carbonyl (C=O) groups is 1. The van der Waals surface area contributed by atoms with E-state index in [1.54, 1.807) is 30.0 Å². The Morgan fingerprint density at radius 2 is 1.84 bits per heavy atom. The van der Waals surface area contributed by atoms with Crippen molar-refractivity contribution in [2.45, 2.75) is 11.2 Å². The lowest BCUT2D eigenvalue weighted by molar-refractivity contribution is -0.137. The molecule has 0 radical (unpaired) electrons. The van der Waals surface area contributed by atoms with Gasteiger partial charge in [0.15, 0.2) is 5.65 Å². The van der Waals surface area contributed by atoms with Crippen molar-refractivity contribution in [2.75, 3.05) is 18.2 Å². The summed E-state index contributed by atoms with van der Waals surface area (Å²) in [5.41, 5.74) is 1.09. The van der Waals surface area contributed by atoms with Crippen molar-refractivity contribution >= 4 is 29.0 Å². The number of anilines is 1. The largest absolute Gasteiger partial charge is 0.497 e. The molecule has 4 aromatic rings. The molecule has 0 spiro atoms. The highest BCUT2D eigenvalue weighted by atomic mass is 32.2. The Hall–Kier alpha value is -3.53. The lowest BCUT2D eigenvalue weighted by Crippen LogP contribution is -2.18. The smallest absolute Gasteiger partial charge is 0.418 e. The van der Waals surface area contributed by atoms with Gasteiger partial charge in [0.1, 0.15) is 10.8 Å². The van der Waals surface area contributed by atoms with Gasteiger partial charge in [0, 0.05) is 5.56 Å². The van der Waals surface area contributed by atoms with Crippen LogP contribution in [0.15, 0.2) is 71.9 Å². The first kappa shape index (κ1) is 21.7. The van der Waals surface area contributed by atoms with E-state index in [-0.39, 0.29) is 11.4 Å². The van der Waals surface area contributed by atoms with Crippen LogP contribution in [0.3, 0.4) is 0 Å². The molecule has 2 heterocycles. The van der Waals surface area contributed by atoms with Crippen LogP contribution in [-0.4, -0.2) is 33.4 Å². The number of benzene rings is 2. The molecule has 0 aliphatic rings. The molecule has 2 aromatic heterocycles. The summed E-state index contributed by atoms with van der Waals surface area (Å²) in [6, 6.07) is 15.8. The molecule has 10 heteroatoms. The average molecular weight is 458 g/mol. The van der Waals surface area contributed by atoms with Crippen LogP contribution in [0, 0.1) is 0 Å². The maximum atomic E-state index is 13.1. The molecular formula is C22H17F3N4O2S. The third-order valence-corrected chi connectivity index (χ3v) is 5.46. The molecule has 32 heavy (non-hydrogen) atoms. The predicted molar refractivity (Wildman–Crippen MR) is 116 cm³/mol. The van der Waals surface area contributed by atoms with Crippen molar-refractivity contribution < 1.29 is 22.7 Å². The number of alkyl halides is 3. The standard InChI is InChI=1S/C22H17F3N4O2S/c1-31-15-8-6-14(7-9-15)18-12-29-19(26-18)10-11-21(28-29)32-13-20(30)27-17-5-3-2-4-16(17)22(23,24)25/h2-12H,13H2,1H3,(H,27,30). The Balaban J connectivity index is 1.44. The van der Waals surface area contributed by atoms with Crippen LogP contribution in [0.1, 0.15) is 5.56 Å². The monoisotopic (exact) mass is 458 g/mol. The van der Waals surface area contributed by atoms with Gasteiger partial charge in [-0.25, -0.2) is 9.50 Å². The molecule has 0 aliphatic heterocycles. The predicted octanol–water partition coefficient (Wildman–Crippen LogP) is 5.15. The molecule has 0 saturated heterocycles. The molecule has 0 saturated carbocycles. The molecule has 1 N–H and O–H groups in total. The molecule has 164 valence electrons. The van der Waals surface area contributed by atoms with Crippen LogP contribution in [0.5, 0.6) is 5.75 Å². The van der Waals surface area contributed by atoms with Crippen LogP contribution in [-0.2, 0) is 11.0 Å². The second-order valence-electron chi connectivity index (χ2n) is 6.71. The molecule has 4 rings (SSSR count). The molecule has 0 bridgehead atoms. The van der Waals surface area contributed by atoms with Gasteiger partial charge in [0.25, 0.3) is 0 Å². The highest BCUT2D eigenvalue weighted by Gasteiger charge is 2.33. The zero-order chi connectivity index (χ0) is 22.7. The van der Waals surface area contributed by atoms with E-state index in [1.807, 2.05) is 24.3 Å². The van der Waals surface area contributed by atoms with Crippen molar-refractivity contribution in [3.63, 3.8) is 0 Å². The summed E-state index contributed by atoms with van der Waals surface area (Å²) in [6.45, 7) is 0. The molecular weight excluding hydrogens is 441 g/mol. The van der Waals surface area contributed by atoms with Gasteiger partial charge in [0.05, 0.1) is 36.0 Å². The number of nitrogens with zero attached hydrogens (tertiary/aromatic N) is 3. The number of hydrogen-bond acceptors (Lipinski definition) is 5. The second kappa shape index (κ2) is 8.91. The zero-order valence-corrected chi connectivity index (χ0v) is 17.6. The van der Waals surface area contributed by atoms with Crippen molar-refractivity contribution in [1.82, 2.24) is 14.6 Å². The van der Waals surface area contributed by atoms with E-state index in [0.717, 1.165) is 34.8 Å². The zero-order valence-electron chi connectivity index (χ0n) is 16.8. The first-order chi connectivity index (χ1) is 15.3. The van der Waals surface area contributed by atoms with Gasteiger partial charge in [-0.3, -0.25) is 4.79 Å². The average Bonchev–Trinajstić information content (AvgIpc) is 3.21. The minimum Gasteiger partial charge on any atom is -0.497 e. The van der Waals surface area contributed by atoms with Crippen molar-refractivity contribution in [2.24, 2.45) is 0 Å². The molecule has 0 unspecified atom stereocenters. The van der Waals surface area contributed by atoms with E-state index < -0.39 is 17.6 Å². The number of rotatable bonds is 6. The molecule has 0 aliphatic carbocycles. The number of hydrogen-bond donors (Lipinski definition) is 1. The van der Waals surface area contributed by atoms with Crippen LogP contribution in [0.2, 0.25) is 0 Å². The second-order valence-corrected chi connectivity index (χ2v) is 7.70. The Kier molecular flexibility index (Phi) is 6.04. The number of para-hydroxylation sites is 1. The van der Waals surface area contributed by atoms with Gasteiger partial charge in [-0.1, -0.05) is 23.9 Å². The highest BCUT2D eigenvalue weighted by Crippen LogP contribution is 2.34. The normalized spacial score (nSPS) is 11.5. The Morgan fingerprint density at radius 1 is 1.09 bits per heavy atom. The highest BCUT2D eigenvalue weighted by molar-refractivity contribution is 7.99. The van der Waals surface area contributed by atoms with Crippen LogP contribution in [0.25, 0.3) is 16.9 Å². The minimum absolute atomic E-state index is 0.0925. The maximum Gasteiger partial charge on any atom is 0.418 e. The number of methoxy groups -OCH3 is 1. The van der Waals surface area contributed by atoms with Crippen LogP contribution < -0.4 is 10.1 Å². The summed E-state index contributed by atoms with van der Waals surface area (Å²) < 4.78 is 46.0. The number of carbonyl (C=O) groups excluding carboxylic acids is 1. The van der Waals surface area contributed by atoms with E-state index in [9.17, 15) is 18.0 Å². The summed E-state index contributed by atoms with van der Waals surface area (Å²) in [4.78, 5) is 16.7. The summed E-state index contributed by atoms with van der Waals surface area (Å²) in [5.74, 6) is 0.0914. The molecule has 2 aromatic carbocycles. The number of fused-ring (bicyclic) bond motifs is 1. The fraction of sp³-hybridized carbons (Fsp3) is 0.136. The molecule has 6 nitrogen and oxygen atoms in total. The third kappa shape index (κ3) is 4.86. The molecule has 1 amide bonds. The maximum absolute atomic E-state index is 13.1. The van der Waals surface area contributed by atoms with E-state index in [2.05, 4.69) is 15.4 Å². The minimum atomic E-state index is -4.55. The Bertz CT molecular complexity index is 1260. The van der Waals surface area contributed by atoms with E-state index >= 15 is 0 Å². The fourth-order valence-corrected chi connectivity index (χ4v) is 3.67. The summed E-state index contributed by atoms with van der Waals surface area (Å²) in [7, 11) is 1.60. The lowest BCUT2D eigenvalue weighted by atomic mass is 10.1. The number of halogens is 3. The summed E-state index contributed by atoms with van der Waals surface area (Å²) in [5, 5.41) is 7.28. The van der Waals surface area contributed by atoms with Gasteiger partial charge >= 0.3 is 6.18 Å². The van der Waals surface area contributed by atoms with Crippen LogP contribution >= 0.6 is 11.8 Å². The quantitative estimate of drug-likeness (QED) is 0.405. The van der Waals surface area contributed by atoms with Gasteiger partial charge in [-0.05, 0) is 48.5 Å². The Morgan fingerprint density at radius 3 is 2.56 bits per heavy atom. The molecule has 0 atom stereocenters. The number of nitrogens with one attached hydrogen (secondary N) is 1. The topological polar surface area (TPSA) is 68.5 Å². The van der Waals surface area contributed by atoms with Crippen molar-refractivity contribution in [3.8, 4) is 17.0 Å². The third-order valence-electron chi connectivity index (χ3n) is 4.54. The van der Waals surface area contributed by atoms with Crippen molar-refractivity contribution in [1.29, 1.82) is 0 Å². The van der Waals surface area contributed by atoms with Gasteiger partial charge in [0.2, 0.25) is 5.91 Å². The van der Waals surface area contributed by atoms with Crippen molar-refractivity contribution in [3.05, 3.63) is 72.4 Å². The summed E-state index contributed by atoms with van der Waals surface area (Å²) in [6.07, 6.45) is -2.78. The number of aromatic nitrogens is 3. The van der Waals surface area contributed by atoms with E-state index in [1.165, 1.54) is 18.2 Å². The van der Waals surface area contributed by atoms with Gasteiger partial charge in [-0.15, -0.1) is 0 Å². The Labute approximate surface area is 185 Å². The molecule has 0 fully saturated rings. The lowest BCUT2D eigenvalue weighted by Gasteiger charge is -2.13. The van der Waals surface area contributed by atoms with Gasteiger partial charge < -0.3 is 10.1 Å². The summed E-state index contributed by atoms with van der Waals surface area (Å²) >= 11 is 1.12. The SMILES string of the molecule is COc1ccc(-c2cn3nc(SCC(=O)Nc4ccccc4C(F)(F)F)ccc3n2)cc1. The fourth-order valence-electron chi connectivity index (χ4n) is 3.01. The van der Waals surface area contributed by atoms with Crippen LogP contribution in [0.4, 0.5) is 18.9 Å². The first-order valence-electron chi connectivity index (χ1n) is 9.43. The van der Waals surface area contributed by atoms with E-state index in [0.29, 0.717) is 10.7 Å². The van der Waals surface area contributed by atoms with E-state index in [4.69, 9.17) is 4.74 Å². The number of thioether (sulfide) groups is 1. The first-order valence-corrected chi connectivity index (χ1v) is 10.4. The number of imidazole rings is 1.